The van der Waals surface area contributed by atoms with Crippen molar-refractivity contribution < 1.29 is 14.3 Å². The molecule has 4 nitrogen and oxygen atoms in total. The summed E-state index contributed by atoms with van der Waals surface area (Å²) in [6.07, 6.45) is 1.52. The van der Waals surface area contributed by atoms with Gasteiger partial charge in [0.05, 0.1) is 5.57 Å². The SMILES string of the molecule is C=CCOC(=O)[C@@H]1N2C(=O)C(=C=C(C)I)[C@H]2SC1(C)C. The third-order valence-electron chi connectivity index (χ3n) is 3.19. The molecule has 2 saturated heterocycles. The standard InChI is InChI=1S/C14H16INO3S/c1-5-6-19-13(18)10-14(3,4)20-12-9(7-8(2)15)11(17)16(10)12/h5,10,12H,1,6H2,2-4H3/t7?,10-,12+/m0/s1. The van der Waals surface area contributed by atoms with E-state index >= 15 is 0 Å². The van der Waals surface area contributed by atoms with Gasteiger partial charge >= 0.3 is 5.97 Å². The molecule has 0 aromatic carbocycles. The highest BCUT2D eigenvalue weighted by Crippen LogP contribution is 2.53. The predicted octanol–water partition coefficient (Wildman–Crippen LogP) is 2.64. The molecule has 2 aliphatic rings. The van der Waals surface area contributed by atoms with Crippen LogP contribution < -0.4 is 0 Å². The summed E-state index contributed by atoms with van der Waals surface area (Å²) < 4.78 is 5.69. The second-order valence-corrected chi connectivity index (χ2v) is 8.53. The van der Waals surface area contributed by atoms with Gasteiger partial charge in [-0.3, -0.25) is 4.79 Å². The van der Waals surface area contributed by atoms with Crippen molar-refractivity contribution in [3.8, 4) is 0 Å². The number of halogens is 1. The lowest BCUT2D eigenvalue weighted by atomic mass is 9.96. The molecule has 0 saturated carbocycles. The number of ether oxygens (including phenoxy) is 1. The van der Waals surface area contributed by atoms with Gasteiger partial charge in [-0.15, -0.1) is 11.8 Å². The van der Waals surface area contributed by atoms with Crippen LogP contribution in [0.1, 0.15) is 20.8 Å². The molecule has 2 fully saturated rings. The number of nitrogens with zero attached hydrogens (tertiary/aromatic N) is 1. The van der Waals surface area contributed by atoms with Gasteiger partial charge in [0, 0.05) is 8.33 Å². The summed E-state index contributed by atoms with van der Waals surface area (Å²) in [5.41, 5.74) is 3.73. The van der Waals surface area contributed by atoms with E-state index in [2.05, 4.69) is 34.9 Å². The van der Waals surface area contributed by atoms with Crippen molar-refractivity contribution >= 4 is 46.2 Å². The zero-order valence-electron chi connectivity index (χ0n) is 11.6. The topological polar surface area (TPSA) is 46.6 Å². The van der Waals surface area contributed by atoms with Crippen LogP contribution in [-0.2, 0) is 14.3 Å². The fourth-order valence-electron chi connectivity index (χ4n) is 2.40. The minimum Gasteiger partial charge on any atom is -0.460 e. The summed E-state index contributed by atoms with van der Waals surface area (Å²) in [7, 11) is 0. The second-order valence-electron chi connectivity index (χ2n) is 5.18. The molecule has 0 aliphatic carbocycles. The lowest BCUT2D eigenvalue weighted by Gasteiger charge is -2.38. The average molecular weight is 405 g/mol. The quantitative estimate of drug-likeness (QED) is 0.181. The number of rotatable bonds is 3. The molecule has 0 N–H and O–H groups in total. The van der Waals surface area contributed by atoms with Crippen molar-refractivity contribution in [1.29, 1.82) is 0 Å². The molecule has 108 valence electrons. The molecule has 2 rings (SSSR count). The first-order valence-corrected chi connectivity index (χ1v) is 8.16. The number of carbonyl (C=O) groups excluding carboxylic acids is 2. The van der Waals surface area contributed by atoms with E-state index in [0.29, 0.717) is 5.57 Å². The molecular weight excluding hydrogens is 389 g/mol. The van der Waals surface area contributed by atoms with Gasteiger partial charge in [0.2, 0.25) is 0 Å². The average Bonchev–Trinajstić information content (AvgIpc) is 2.62. The molecular formula is C14H16INO3S. The molecule has 2 atom stereocenters. The van der Waals surface area contributed by atoms with Gasteiger partial charge in [0.25, 0.3) is 5.91 Å². The van der Waals surface area contributed by atoms with Gasteiger partial charge < -0.3 is 9.64 Å². The molecule has 6 heteroatoms. The van der Waals surface area contributed by atoms with Crippen LogP contribution in [-0.4, -0.2) is 39.5 Å². The summed E-state index contributed by atoms with van der Waals surface area (Å²) in [6, 6.07) is -0.551. The van der Waals surface area contributed by atoms with Gasteiger partial charge in [-0.25, -0.2) is 4.79 Å². The molecule has 0 unspecified atom stereocenters. The molecule has 0 aromatic rings. The Kier molecular flexibility index (Phi) is 4.37. The fourth-order valence-corrected chi connectivity index (χ4v) is 4.21. The molecule has 0 spiro atoms. The maximum absolute atomic E-state index is 12.2. The van der Waals surface area contributed by atoms with E-state index in [1.807, 2.05) is 20.8 Å². The highest BCUT2D eigenvalue weighted by molar-refractivity contribution is 14.1. The Morgan fingerprint density at radius 3 is 2.85 bits per heavy atom. The molecule has 20 heavy (non-hydrogen) atoms. The first kappa shape index (κ1) is 15.7. The largest absolute Gasteiger partial charge is 0.460 e. The predicted molar refractivity (Wildman–Crippen MR) is 87.5 cm³/mol. The Morgan fingerprint density at radius 1 is 1.65 bits per heavy atom. The molecule has 2 heterocycles. The van der Waals surface area contributed by atoms with Crippen LogP contribution in [0.2, 0.25) is 0 Å². The molecule has 1 amide bonds. The normalized spacial score (nSPS) is 26.5. The smallest absolute Gasteiger partial charge is 0.330 e. The van der Waals surface area contributed by atoms with Gasteiger partial charge in [-0.1, -0.05) is 18.4 Å². The molecule has 2 aliphatic heterocycles. The van der Waals surface area contributed by atoms with Crippen LogP contribution in [0.5, 0.6) is 0 Å². The van der Waals surface area contributed by atoms with Crippen molar-refractivity contribution in [3.63, 3.8) is 0 Å². The van der Waals surface area contributed by atoms with E-state index in [1.54, 1.807) is 16.7 Å². The van der Waals surface area contributed by atoms with Crippen molar-refractivity contribution in [2.24, 2.45) is 0 Å². The number of hydrogen-bond acceptors (Lipinski definition) is 4. The number of carbonyl (C=O) groups is 2. The third-order valence-corrected chi connectivity index (χ3v) is 4.98. The lowest BCUT2D eigenvalue weighted by molar-refractivity contribution is -0.156. The van der Waals surface area contributed by atoms with Crippen LogP contribution in [0.15, 0.2) is 27.5 Å². The highest BCUT2D eigenvalue weighted by Gasteiger charge is 2.61. The Morgan fingerprint density at radius 2 is 2.30 bits per heavy atom. The van der Waals surface area contributed by atoms with E-state index in [0.717, 1.165) is 3.58 Å². The summed E-state index contributed by atoms with van der Waals surface area (Å²) in [5, 5.41) is -0.0940. The summed E-state index contributed by atoms with van der Waals surface area (Å²) in [4.78, 5) is 26.0. The van der Waals surface area contributed by atoms with Gasteiger partial charge in [0.1, 0.15) is 18.0 Å². The Bertz CT molecular complexity index is 545. The number of thioether (sulfide) groups is 1. The van der Waals surface area contributed by atoms with E-state index in [9.17, 15) is 9.59 Å². The van der Waals surface area contributed by atoms with Crippen molar-refractivity contribution in [1.82, 2.24) is 4.90 Å². The first-order chi connectivity index (χ1) is 9.29. The van der Waals surface area contributed by atoms with Crippen molar-refractivity contribution in [3.05, 3.63) is 27.5 Å². The summed E-state index contributed by atoms with van der Waals surface area (Å²) in [5.74, 6) is -0.489. The number of fused-ring (bicyclic) bond motifs is 1. The van der Waals surface area contributed by atoms with Crippen molar-refractivity contribution in [2.45, 2.75) is 36.9 Å². The van der Waals surface area contributed by atoms with E-state index < -0.39 is 6.04 Å². The van der Waals surface area contributed by atoms with Crippen LogP contribution in [0.4, 0.5) is 0 Å². The van der Waals surface area contributed by atoms with Crippen LogP contribution >= 0.6 is 34.4 Å². The summed E-state index contributed by atoms with van der Waals surface area (Å²) in [6.45, 7) is 9.50. The minimum atomic E-state index is -0.551. The highest BCUT2D eigenvalue weighted by atomic mass is 127. The zero-order valence-corrected chi connectivity index (χ0v) is 14.6. The molecule has 0 bridgehead atoms. The Labute approximate surface area is 136 Å². The van der Waals surface area contributed by atoms with E-state index in [4.69, 9.17) is 4.74 Å². The number of amides is 1. The van der Waals surface area contributed by atoms with Gasteiger partial charge in [0.15, 0.2) is 0 Å². The first-order valence-electron chi connectivity index (χ1n) is 6.20. The summed E-state index contributed by atoms with van der Waals surface area (Å²) >= 11 is 3.73. The Balaban J connectivity index is 2.29. The number of esters is 1. The molecule has 0 aromatic heterocycles. The zero-order chi connectivity index (χ0) is 15.1. The number of hydrogen-bond donors (Lipinski definition) is 0. The maximum atomic E-state index is 12.2. The molecule has 0 radical (unpaired) electrons. The van der Waals surface area contributed by atoms with E-state index in [1.165, 1.54) is 6.08 Å². The fraction of sp³-hybridized carbons (Fsp3) is 0.500. The van der Waals surface area contributed by atoms with Gasteiger partial charge in [-0.2, -0.15) is 0 Å². The number of β-lactam (4-membered cyclic amide) rings is 1. The second kappa shape index (κ2) is 5.58. The van der Waals surface area contributed by atoms with Crippen LogP contribution in [0.3, 0.4) is 0 Å². The maximum Gasteiger partial charge on any atom is 0.330 e. The van der Waals surface area contributed by atoms with Crippen LogP contribution in [0, 0.1) is 0 Å². The monoisotopic (exact) mass is 405 g/mol. The van der Waals surface area contributed by atoms with Gasteiger partial charge in [-0.05, 0) is 43.4 Å². The van der Waals surface area contributed by atoms with Crippen molar-refractivity contribution in [2.75, 3.05) is 6.61 Å². The van der Waals surface area contributed by atoms with Crippen LogP contribution in [0.25, 0.3) is 0 Å². The lowest BCUT2D eigenvalue weighted by Crippen LogP contribution is -2.58. The Hall–Kier alpha value is -0.720. The van der Waals surface area contributed by atoms with E-state index in [-0.39, 0.29) is 28.6 Å². The third kappa shape index (κ3) is 2.56. The minimum absolute atomic E-state index is 0.0940.